The fourth-order valence-electron chi connectivity index (χ4n) is 2.27. The van der Waals surface area contributed by atoms with E-state index in [0.717, 1.165) is 0 Å². The Labute approximate surface area is 173 Å². The predicted octanol–water partition coefficient (Wildman–Crippen LogP) is 3.12. The molecule has 0 saturated heterocycles. The molecule has 0 unspecified atom stereocenters. The summed E-state index contributed by atoms with van der Waals surface area (Å²) in [7, 11) is 1.55. The van der Waals surface area contributed by atoms with Crippen LogP contribution in [0.3, 0.4) is 0 Å². The second kappa shape index (κ2) is 10.2. The number of halogens is 1. The van der Waals surface area contributed by atoms with Gasteiger partial charge >= 0.3 is 11.8 Å². The van der Waals surface area contributed by atoms with E-state index in [1.165, 1.54) is 0 Å². The fraction of sp³-hybridized carbons (Fsp3) is 0.200. The maximum atomic E-state index is 12.0. The maximum Gasteiger partial charge on any atom is 0.329 e. The third-order valence-corrected chi connectivity index (χ3v) is 4.27. The van der Waals surface area contributed by atoms with Crippen molar-refractivity contribution in [3.8, 4) is 5.75 Å². The molecule has 0 aromatic heterocycles. The molecule has 3 amide bonds. The van der Waals surface area contributed by atoms with E-state index in [-0.39, 0.29) is 12.3 Å². The molecule has 152 valence electrons. The predicted molar refractivity (Wildman–Crippen MR) is 112 cm³/mol. The van der Waals surface area contributed by atoms with E-state index in [2.05, 4.69) is 21.2 Å². The highest BCUT2D eigenvalue weighted by atomic mass is 35.5. The molecule has 2 aromatic carbocycles. The highest BCUT2D eigenvalue weighted by Crippen LogP contribution is 2.22. The van der Waals surface area contributed by atoms with Crippen LogP contribution in [0.5, 0.6) is 5.75 Å². The SMILES string of the molecule is COc1ccc(NC(=O)C/C(C)=N\NC(=O)C(=O)Nc2cccc(Cl)c2C)cc1. The van der Waals surface area contributed by atoms with E-state index in [0.29, 0.717) is 33.4 Å². The molecule has 9 heteroatoms. The first kappa shape index (κ1) is 21.9. The van der Waals surface area contributed by atoms with Gasteiger partial charge in [-0.25, -0.2) is 5.43 Å². The molecular weight excluding hydrogens is 396 g/mol. The number of hydrazone groups is 1. The summed E-state index contributed by atoms with van der Waals surface area (Å²) < 4.78 is 5.05. The smallest absolute Gasteiger partial charge is 0.329 e. The summed E-state index contributed by atoms with van der Waals surface area (Å²) in [5, 5.41) is 9.42. The minimum atomic E-state index is -0.959. The van der Waals surface area contributed by atoms with E-state index in [1.54, 1.807) is 63.4 Å². The average molecular weight is 417 g/mol. The molecule has 0 radical (unpaired) electrons. The molecule has 0 aliphatic heterocycles. The van der Waals surface area contributed by atoms with E-state index in [1.807, 2.05) is 0 Å². The quantitative estimate of drug-likeness (QED) is 0.382. The Hall–Kier alpha value is -3.39. The number of nitrogens with zero attached hydrogens (tertiary/aromatic N) is 1. The molecule has 0 saturated carbocycles. The lowest BCUT2D eigenvalue weighted by Crippen LogP contribution is -2.33. The van der Waals surface area contributed by atoms with Gasteiger partial charge in [-0.05, 0) is 55.8 Å². The third kappa shape index (κ3) is 6.62. The van der Waals surface area contributed by atoms with Gasteiger partial charge in [-0.15, -0.1) is 0 Å². The standard InChI is InChI=1S/C20H21ClN4O4/c1-12(11-18(26)22-14-7-9-15(29-3)10-8-14)24-25-20(28)19(27)23-17-6-4-5-16(21)13(17)2/h4-10H,11H2,1-3H3,(H,22,26)(H,23,27)(H,25,28)/b24-12-. The van der Waals surface area contributed by atoms with Crippen molar-refractivity contribution in [3.05, 3.63) is 53.1 Å². The van der Waals surface area contributed by atoms with Gasteiger partial charge in [0.1, 0.15) is 5.75 Å². The molecule has 0 bridgehead atoms. The van der Waals surface area contributed by atoms with Crippen molar-refractivity contribution in [1.29, 1.82) is 0 Å². The first-order valence-electron chi connectivity index (χ1n) is 8.63. The highest BCUT2D eigenvalue weighted by Gasteiger charge is 2.15. The summed E-state index contributed by atoms with van der Waals surface area (Å²) in [4.78, 5) is 35.9. The minimum absolute atomic E-state index is 0.0542. The Morgan fingerprint density at radius 3 is 2.38 bits per heavy atom. The van der Waals surface area contributed by atoms with Gasteiger partial charge in [-0.3, -0.25) is 14.4 Å². The Bertz CT molecular complexity index is 942. The van der Waals surface area contributed by atoms with Crippen LogP contribution in [0.1, 0.15) is 18.9 Å². The number of carbonyl (C=O) groups is 3. The molecule has 2 aromatic rings. The van der Waals surface area contributed by atoms with Gasteiger partial charge < -0.3 is 15.4 Å². The second-order valence-electron chi connectivity index (χ2n) is 6.11. The number of hydrogen-bond donors (Lipinski definition) is 3. The fourth-order valence-corrected chi connectivity index (χ4v) is 2.44. The number of amides is 3. The van der Waals surface area contributed by atoms with Gasteiger partial charge in [0.05, 0.1) is 13.5 Å². The Morgan fingerprint density at radius 1 is 1.03 bits per heavy atom. The van der Waals surface area contributed by atoms with Crippen LogP contribution in [0.4, 0.5) is 11.4 Å². The summed E-state index contributed by atoms with van der Waals surface area (Å²) in [6, 6.07) is 11.8. The van der Waals surface area contributed by atoms with Gasteiger partial charge in [0.2, 0.25) is 5.91 Å². The maximum absolute atomic E-state index is 12.0. The first-order valence-corrected chi connectivity index (χ1v) is 9.01. The zero-order valence-corrected chi connectivity index (χ0v) is 17.0. The lowest BCUT2D eigenvalue weighted by Gasteiger charge is -2.09. The van der Waals surface area contributed by atoms with Crippen molar-refractivity contribution in [2.24, 2.45) is 5.10 Å². The highest BCUT2D eigenvalue weighted by molar-refractivity contribution is 6.40. The Kier molecular flexibility index (Phi) is 7.73. The van der Waals surface area contributed by atoms with E-state index in [4.69, 9.17) is 16.3 Å². The largest absolute Gasteiger partial charge is 0.497 e. The molecule has 0 aliphatic carbocycles. The van der Waals surface area contributed by atoms with Gasteiger partial charge in [0.25, 0.3) is 0 Å². The topological polar surface area (TPSA) is 109 Å². The molecule has 29 heavy (non-hydrogen) atoms. The second-order valence-corrected chi connectivity index (χ2v) is 6.52. The van der Waals surface area contributed by atoms with E-state index < -0.39 is 11.8 Å². The number of benzene rings is 2. The van der Waals surface area contributed by atoms with Crippen molar-refractivity contribution in [3.63, 3.8) is 0 Å². The zero-order valence-electron chi connectivity index (χ0n) is 16.2. The van der Waals surface area contributed by atoms with Crippen LogP contribution >= 0.6 is 11.6 Å². The monoisotopic (exact) mass is 416 g/mol. The van der Waals surface area contributed by atoms with Crippen LogP contribution in [0.25, 0.3) is 0 Å². The summed E-state index contributed by atoms with van der Waals surface area (Å²) in [6.07, 6.45) is -0.0542. The molecular formula is C20H21ClN4O4. The van der Waals surface area contributed by atoms with Crippen LogP contribution in [-0.4, -0.2) is 30.5 Å². The van der Waals surface area contributed by atoms with Crippen LogP contribution in [0.15, 0.2) is 47.6 Å². The molecule has 0 heterocycles. The van der Waals surface area contributed by atoms with Crippen molar-refractivity contribution in [2.45, 2.75) is 20.3 Å². The lowest BCUT2D eigenvalue weighted by molar-refractivity contribution is -0.136. The molecule has 2 rings (SSSR count). The third-order valence-electron chi connectivity index (χ3n) is 3.86. The van der Waals surface area contributed by atoms with Crippen LogP contribution in [-0.2, 0) is 14.4 Å². The zero-order chi connectivity index (χ0) is 21.4. The van der Waals surface area contributed by atoms with Crippen molar-refractivity contribution < 1.29 is 19.1 Å². The molecule has 0 spiro atoms. The number of nitrogens with one attached hydrogen (secondary N) is 3. The summed E-state index contributed by atoms with van der Waals surface area (Å²) >= 11 is 5.98. The lowest BCUT2D eigenvalue weighted by atomic mass is 10.2. The molecule has 0 aliphatic rings. The molecule has 3 N–H and O–H groups in total. The van der Waals surface area contributed by atoms with Gasteiger partial charge in [0.15, 0.2) is 0 Å². The summed E-state index contributed by atoms with van der Waals surface area (Å²) in [6.45, 7) is 3.28. The number of methoxy groups -OCH3 is 1. The molecule has 8 nitrogen and oxygen atoms in total. The molecule has 0 fully saturated rings. The van der Waals surface area contributed by atoms with Gasteiger partial charge in [-0.1, -0.05) is 17.7 Å². The number of rotatable bonds is 6. The van der Waals surface area contributed by atoms with Crippen LogP contribution in [0.2, 0.25) is 5.02 Å². The van der Waals surface area contributed by atoms with E-state index >= 15 is 0 Å². The van der Waals surface area contributed by atoms with Gasteiger partial charge in [-0.2, -0.15) is 5.10 Å². The number of anilines is 2. The first-order chi connectivity index (χ1) is 13.8. The normalized spacial score (nSPS) is 10.8. The number of carbonyl (C=O) groups excluding carboxylic acids is 3. The summed E-state index contributed by atoms with van der Waals surface area (Å²) in [5.74, 6) is -1.49. The molecule has 0 atom stereocenters. The minimum Gasteiger partial charge on any atom is -0.497 e. The average Bonchev–Trinajstić information content (AvgIpc) is 2.70. The van der Waals surface area contributed by atoms with Crippen LogP contribution in [0, 0.1) is 6.92 Å². The van der Waals surface area contributed by atoms with E-state index in [9.17, 15) is 14.4 Å². The van der Waals surface area contributed by atoms with Crippen LogP contribution < -0.4 is 20.8 Å². The van der Waals surface area contributed by atoms with Crippen molar-refractivity contribution >= 4 is 46.4 Å². The van der Waals surface area contributed by atoms with Crippen molar-refractivity contribution in [1.82, 2.24) is 5.43 Å². The number of ether oxygens (including phenoxy) is 1. The van der Waals surface area contributed by atoms with Crippen molar-refractivity contribution in [2.75, 3.05) is 17.7 Å². The number of hydrogen-bond acceptors (Lipinski definition) is 5. The summed E-state index contributed by atoms with van der Waals surface area (Å²) in [5.41, 5.74) is 4.13. The Morgan fingerprint density at radius 2 is 1.72 bits per heavy atom. The Balaban J connectivity index is 1.85. The van der Waals surface area contributed by atoms with Gasteiger partial charge in [0, 0.05) is 22.1 Å².